The van der Waals surface area contributed by atoms with Crippen molar-refractivity contribution in [3.05, 3.63) is 12.2 Å². The Morgan fingerprint density at radius 3 is 2.62 bits per heavy atom. The minimum absolute atomic E-state index is 0.0722. The maximum atomic E-state index is 12.5. The van der Waals surface area contributed by atoms with E-state index in [4.69, 9.17) is 5.11 Å². The third-order valence-electron chi connectivity index (χ3n) is 5.76. The molecule has 0 aromatic heterocycles. The number of carbonyl (C=O) groups excluding carboxylic acids is 2. The Balaban J connectivity index is 1.88. The minimum atomic E-state index is -0.762. The minimum Gasteiger partial charge on any atom is -0.481 e. The van der Waals surface area contributed by atoms with E-state index in [2.05, 4.69) is 6.92 Å². The Hall–Kier alpha value is -1.45. The number of carboxylic acids is 1. The van der Waals surface area contributed by atoms with Gasteiger partial charge in [-0.2, -0.15) is 0 Å². The molecule has 0 saturated heterocycles. The summed E-state index contributed by atoms with van der Waals surface area (Å²) in [6.45, 7) is 2.14. The molecular weight excluding hydrogens is 304 g/mol. The average molecular weight is 334 g/mol. The Kier molecular flexibility index (Phi) is 7.19. The van der Waals surface area contributed by atoms with E-state index in [1.807, 2.05) is 12.2 Å². The number of rotatable bonds is 9. The molecule has 2 rings (SSSR count). The molecule has 24 heavy (non-hydrogen) atoms. The summed E-state index contributed by atoms with van der Waals surface area (Å²) in [5.41, 5.74) is 0. The highest BCUT2D eigenvalue weighted by atomic mass is 16.4. The van der Waals surface area contributed by atoms with Gasteiger partial charge in [0.1, 0.15) is 11.6 Å². The third-order valence-corrected chi connectivity index (χ3v) is 5.76. The van der Waals surface area contributed by atoms with Crippen LogP contribution in [0.2, 0.25) is 0 Å². The van der Waals surface area contributed by atoms with E-state index in [-0.39, 0.29) is 24.2 Å². The summed E-state index contributed by atoms with van der Waals surface area (Å²) in [4.78, 5) is 35.2. The van der Waals surface area contributed by atoms with Gasteiger partial charge in [0.05, 0.1) is 0 Å². The van der Waals surface area contributed by atoms with Crippen LogP contribution >= 0.6 is 0 Å². The summed E-state index contributed by atoms with van der Waals surface area (Å²) in [5, 5.41) is 8.62. The van der Waals surface area contributed by atoms with E-state index in [1.165, 1.54) is 0 Å². The number of hydrogen-bond acceptors (Lipinski definition) is 3. The molecule has 4 heteroatoms. The molecule has 0 heterocycles. The van der Waals surface area contributed by atoms with Crippen LogP contribution in [0.5, 0.6) is 0 Å². The first-order valence-corrected chi connectivity index (χ1v) is 9.46. The summed E-state index contributed by atoms with van der Waals surface area (Å²) < 4.78 is 0. The molecule has 134 valence electrons. The molecule has 4 nitrogen and oxygen atoms in total. The van der Waals surface area contributed by atoms with Crippen LogP contribution in [0.4, 0.5) is 0 Å². The third kappa shape index (κ3) is 4.78. The fourth-order valence-electron chi connectivity index (χ4n) is 4.50. The van der Waals surface area contributed by atoms with Crippen molar-refractivity contribution in [3.8, 4) is 0 Å². The van der Waals surface area contributed by atoms with Crippen LogP contribution in [0.15, 0.2) is 12.2 Å². The summed E-state index contributed by atoms with van der Waals surface area (Å²) in [5.74, 6) is 0.775. The predicted molar refractivity (Wildman–Crippen MR) is 92.6 cm³/mol. The van der Waals surface area contributed by atoms with Crippen LogP contribution in [0.25, 0.3) is 0 Å². The average Bonchev–Trinajstić information content (AvgIpc) is 2.85. The lowest BCUT2D eigenvalue weighted by Crippen LogP contribution is -2.34. The summed E-state index contributed by atoms with van der Waals surface area (Å²) in [6, 6.07) is 0. The number of Topliss-reactive ketones (excluding diaryl/α,β-unsaturated/α-hetero) is 2. The molecule has 4 atom stereocenters. The first-order valence-electron chi connectivity index (χ1n) is 9.46. The van der Waals surface area contributed by atoms with Crippen LogP contribution in [0, 0.1) is 23.7 Å². The van der Waals surface area contributed by atoms with Crippen LogP contribution in [0.3, 0.4) is 0 Å². The number of unbranched alkanes of at least 4 members (excludes halogenated alkanes) is 2. The Morgan fingerprint density at radius 1 is 1.12 bits per heavy atom. The van der Waals surface area contributed by atoms with E-state index < -0.39 is 5.97 Å². The molecule has 0 aromatic carbocycles. The van der Waals surface area contributed by atoms with Gasteiger partial charge < -0.3 is 5.11 Å². The van der Waals surface area contributed by atoms with Gasteiger partial charge >= 0.3 is 5.97 Å². The van der Waals surface area contributed by atoms with Crippen molar-refractivity contribution in [2.75, 3.05) is 0 Å². The number of fused-ring (bicyclic) bond motifs is 1. The van der Waals surface area contributed by atoms with Gasteiger partial charge in [-0.25, -0.2) is 0 Å². The largest absolute Gasteiger partial charge is 0.481 e. The first-order chi connectivity index (χ1) is 11.5. The van der Waals surface area contributed by atoms with Gasteiger partial charge in [-0.05, 0) is 43.9 Å². The SMILES string of the molecule is CCCCC1C(=O)CCC2C(C/C=C/CCCC(=O)O)C(=O)CC12. The molecule has 4 unspecified atom stereocenters. The van der Waals surface area contributed by atoms with Gasteiger partial charge in [-0.15, -0.1) is 0 Å². The maximum absolute atomic E-state index is 12.5. The van der Waals surface area contributed by atoms with Gasteiger partial charge in [0.15, 0.2) is 0 Å². The Labute approximate surface area is 144 Å². The van der Waals surface area contributed by atoms with E-state index >= 15 is 0 Å². The highest BCUT2D eigenvalue weighted by Crippen LogP contribution is 2.48. The van der Waals surface area contributed by atoms with Crippen molar-refractivity contribution in [3.63, 3.8) is 0 Å². The second-order valence-electron chi connectivity index (χ2n) is 7.35. The maximum Gasteiger partial charge on any atom is 0.303 e. The molecule has 0 radical (unpaired) electrons. The lowest BCUT2D eigenvalue weighted by molar-refractivity contribution is -0.137. The van der Waals surface area contributed by atoms with E-state index in [0.29, 0.717) is 36.7 Å². The van der Waals surface area contributed by atoms with Crippen molar-refractivity contribution >= 4 is 17.5 Å². The monoisotopic (exact) mass is 334 g/mol. The van der Waals surface area contributed by atoms with Crippen molar-refractivity contribution in [2.24, 2.45) is 23.7 Å². The second-order valence-corrected chi connectivity index (χ2v) is 7.35. The zero-order valence-electron chi connectivity index (χ0n) is 14.7. The van der Waals surface area contributed by atoms with Crippen molar-refractivity contribution in [1.82, 2.24) is 0 Å². The van der Waals surface area contributed by atoms with Crippen LogP contribution in [-0.4, -0.2) is 22.6 Å². The smallest absolute Gasteiger partial charge is 0.303 e. The zero-order chi connectivity index (χ0) is 17.5. The number of ketones is 2. The van der Waals surface area contributed by atoms with Gasteiger partial charge in [0, 0.05) is 31.1 Å². The molecule has 2 saturated carbocycles. The predicted octanol–water partition coefficient (Wildman–Crippen LogP) is 4.18. The van der Waals surface area contributed by atoms with Crippen molar-refractivity contribution in [2.45, 2.75) is 71.1 Å². The highest BCUT2D eigenvalue weighted by Gasteiger charge is 2.48. The van der Waals surface area contributed by atoms with Crippen LogP contribution in [-0.2, 0) is 14.4 Å². The van der Waals surface area contributed by atoms with Gasteiger partial charge in [-0.1, -0.05) is 31.9 Å². The first kappa shape index (κ1) is 18.9. The van der Waals surface area contributed by atoms with Gasteiger partial charge in [-0.3, -0.25) is 14.4 Å². The second kappa shape index (κ2) is 9.14. The molecule has 2 aliphatic carbocycles. The Bertz CT molecular complexity index is 494. The molecule has 0 aliphatic heterocycles. The fraction of sp³-hybridized carbons (Fsp3) is 0.750. The molecule has 0 amide bonds. The quantitative estimate of drug-likeness (QED) is 0.507. The Morgan fingerprint density at radius 2 is 1.92 bits per heavy atom. The normalized spacial score (nSPS) is 30.0. The van der Waals surface area contributed by atoms with Gasteiger partial charge in [0.2, 0.25) is 0 Å². The van der Waals surface area contributed by atoms with Gasteiger partial charge in [0.25, 0.3) is 0 Å². The topological polar surface area (TPSA) is 71.4 Å². The number of hydrogen-bond donors (Lipinski definition) is 1. The summed E-state index contributed by atoms with van der Waals surface area (Å²) >= 11 is 0. The van der Waals surface area contributed by atoms with Crippen LogP contribution in [0.1, 0.15) is 71.1 Å². The zero-order valence-corrected chi connectivity index (χ0v) is 14.7. The van der Waals surface area contributed by atoms with Crippen molar-refractivity contribution < 1.29 is 19.5 Å². The lowest BCUT2D eigenvalue weighted by Gasteiger charge is -2.34. The number of aliphatic carboxylic acids is 1. The fourth-order valence-corrected chi connectivity index (χ4v) is 4.50. The molecule has 0 spiro atoms. The van der Waals surface area contributed by atoms with Crippen LogP contribution < -0.4 is 0 Å². The molecular formula is C20H30O4. The number of carboxylic acid groups (broad SMARTS) is 1. The molecule has 2 aliphatic rings. The highest BCUT2D eigenvalue weighted by molar-refractivity contribution is 5.88. The molecule has 2 fully saturated rings. The lowest BCUT2D eigenvalue weighted by atomic mass is 9.69. The number of carbonyl (C=O) groups is 3. The summed E-state index contributed by atoms with van der Waals surface area (Å²) in [7, 11) is 0. The molecule has 1 N–H and O–H groups in total. The summed E-state index contributed by atoms with van der Waals surface area (Å²) in [6.07, 6.45) is 11.6. The van der Waals surface area contributed by atoms with Crippen molar-refractivity contribution in [1.29, 1.82) is 0 Å². The van der Waals surface area contributed by atoms with E-state index in [1.54, 1.807) is 0 Å². The van der Waals surface area contributed by atoms with E-state index in [0.717, 1.165) is 38.5 Å². The molecule has 0 aromatic rings. The van der Waals surface area contributed by atoms with E-state index in [9.17, 15) is 14.4 Å². The number of allylic oxidation sites excluding steroid dienone is 2. The standard InChI is InChI=1S/C20H30O4/c1-2-3-8-16-17-13-19(22)15(14(17)11-12-18(16)21)9-6-4-5-7-10-20(23)24/h4,6,14-17H,2-3,5,7-13H2,1H3,(H,23,24)/b6-4+. The molecule has 0 bridgehead atoms.